The van der Waals surface area contributed by atoms with Crippen LogP contribution in [0.15, 0.2) is 41.6 Å². The fourth-order valence-corrected chi connectivity index (χ4v) is 2.27. The van der Waals surface area contributed by atoms with Crippen molar-refractivity contribution in [1.29, 1.82) is 0 Å². The molecule has 0 aromatic heterocycles. The molecule has 0 radical (unpaired) electrons. The summed E-state index contributed by atoms with van der Waals surface area (Å²) in [7, 11) is 4.75. The summed E-state index contributed by atoms with van der Waals surface area (Å²) < 4.78 is 15.8. The molecule has 0 spiro atoms. The van der Waals surface area contributed by atoms with E-state index < -0.39 is 0 Å². The van der Waals surface area contributed by atoms with E-state index in [2.05, 4.69) is 5.16 Å². The zero-order valence-corrected chi connectivity index (χ0v) is 14.0. The van der Waals surface area contributed by atoms with Crippen molar-refractivity contribution in [2.24, 2.45) is 5.16 Å². The van der Waals surface area contributed by atoms with Gasteiger partial charge >= 0.3 is 0 Å². The maximum Gasteiger partial charge on any atom is 0.169 e. The first-order valence-corrected chi connectivity index (χ1v) is 7.26. The van der Waals surface area contributed by atoms with Crippen molar-refractivity contribution in [2.45, 2.75) is 6.61 Å². The van der Waals surface area contributed by atoms with Crippen LogP contribution in [0.25, 0.3) is 0 Å². The zero-order valence-electron chi connectivity index (χ0n) is 13.2. The van der Waals surface area contributed by atoms with Gasteiger partial charge in [-0.25, -0.2) is 0 Å². The van der Waals surface area contributed by atoms with E-state index in [-0.39, 0.29) is 6.61 Å². The van der Waals surface area contributed by atoms with E-state index in [1.54, 1.807) is 45.7 Å². The lowest BCUT2D eigenvalue weighted by Crippen LogP contribution is -1.96. The highest BCUT2D eigenvalue weighted by atomic mass is 35.5. The van der Waals surface area contributed by atoms with Gasteiger partial charge in [0.05, 0.1) is 27.5 Å². The predicted molar refractivity (Wildman–Crippen MR) is 89.9 cm³/mol. The van der Waals surface area contributed by atoms with Gasteiger partial charge in [-0.3, -0.25) is 0 Å². The Labute approximate surface area is 140 Å². The van der Waals surface area contributed by atoms with Gasteiger partial charge in [-0.15, -0.1) is 0 Å². The topological polar surface area (TPSA) is 49.3 Å². The Morgan fingerprint density at radius 1 is 1.00 bits per heavy atom. The highest BCUT2D eigenvalue weighted by Crippen LogP contribution is 2.29. The van der Waals surface area contributed by atoms with Crippen LogP contribution in [-0.4, -0.2) is 27.5 Å². The minimum atomic E-state index is 0.243. The number of rotatable bonds is 7. The van der Waals surface area contributed by atoms with Crippen molar-refractivity contribution in [3.63, 3.8) is 0 Å². The average Bonchev–Trinajstić information content (AvgIpc) is 2.58. The molecule has 5 nitrogen and oxygen atoms in total. The minimum Gasteiger partial charge on any atom is -0.496 e. The van der Waals surface area contributed by atoms with Crippen LogP contribution >= 0.6 is 11.6 Å². The summed E-state index contributed by atoms with van der Waals surface area (Å²) >= 11 is 5.98. The number of oxime groups is 1. The van der Waals surface area contributed by atoms with Crippen LogP contribution < -0.4 is 14.2 Å². The van der Waals surface area contributed by atoms with Crippen LogP contribution in [0, 0.1) is 0 Å². The fourth-order valence-electron chi connectivity index (χ4n) is 2.07. The maximum absolute atomic E-state index is 5.98. The molecule has 0 atom stereocenters. The summed E-state index contributed by atoms with van der Waals surface area (Å²) in [5, 5.41) is 4.58. The second-order valence-electron chi connectivity index (χ2n) is 4.55. The molecule has 0 amide bonds. The number of methoxy groups -OCH3 is 3. The molecule has 0 saturated heterocycles. The Kier molecular flexibility index (Phi) is 6.11. The molecule has 0 N–H and O–H groups in total. The monoisotopic (exact) mass is 335 g/mol. The van der Waals surface area contributed by atoms with E-state index in [1.165, 1.54) is 0 Å². The molecular weight excluding hydrogens is 318 g/mol. The normalized spacial score (nSPS) is 10.6. The molecule has 6 heteroatoms. The quantitative estimate of drug-likeness (QED) is 0.568. The molecule has 0 fully saturated rings. The van der Waals surface area contributed by atoms with Gasteiger partial charge in [0, 0.05) is 16.1 Å². The summed E-state index contributed by atoms with van der Waals surface area (Å²) in [5.41, 5.74) is 1.57. The Morgan fingerprint density at radius 2 is 1.78 bits per heavy atom. The minimum absolute atomic E-state index is 0.243. The second-order valence-corrected chi connectivity index (χ2v) is 4.98. The third kappa shape index (κ3) is 4.29. The Bertz CT molecular complexity index is 688. The molecule has 2 aromatic rings. The maximum atomic E-state index is 5.98. The molecule has 0 aliphatic heterocycles. The van der Waals surface area contributed by atoms with E-state index >= 15 is 0 Å². The molecule has 23 heavy (non-hydrogen) atoms. The number of benzene rings is 2. The number of ether oxygens (including phenoxy) is 3. The van der Waals surface area contributed by atoms with E-state index in [1.807, 2.05) is 18.2 Å². The second kappa shape index (κ2) is 8.29. The molecule has 2 aromatic carbocycles. The number of nitrogens with zero attached hydrogens (tertiary/aromatic N) is 1. The molecule has 0 heterocycles. The van der Waals surface area contributed by atoms with Crippen molar-refractivity contribution in [3.8, 4) is 17.2 Å². The molecule has 0 unspecified atom stereocenters. The van der Waals surface area contributed by atoms with Crippen molar-refractivity contribution in [2.75, 3.05) is 21.3 Å². The lowest BCUT2D eigenvalue weighted by Gasteiger charge is -2.10. The standard InChI is InChI=1S/C17H18ClNO4/c1-20-15-8-7-14(18)9-13(15)11-23-19-10-12-5-4-6-16(21-2)17(12)22-3/h4-10H,11H2,1-3H3/b19-10+. The zero-order chi connectivity index (χ0) is 16.7. The number of para-hydroxylation sites is 1. The Hall–Kier alpha value is -2.40. The van der Waals surface area contributed by atoms with Crippen molar-refractivity contribution < 1.29 is 19.0 Å². The van der Waals surface area contributed by atoms with Crippen molar-refractivity contribution in [3.05, 3.63) is 52.5 Å². The van der Waals surface area contributed by atoms with E-state index in [4.69, 9.17) is 30.6 Å². The van der Waals surface area contributed by atoms with Gasteiger partial charge in [0.2, 0.25) is 0 Å². The van der Waals surface area contributed by atoms with Crippen LogP contribution in [-0.2, 0) is 11.4 Å². The van der Waals surface area contributed by atoms with Gasteiger partial charge in [0.15, 0.2) is 11.5 Å². The van der Waals surface area contributed by atoms with E-state index in [0.29, 0.717) is 22.3 Å². The van der Waals surface area contributed by atoms with Gasteiger partial charge < -0.3 is 19.0 Å². The fraction of sp³-hybridized carbons (Fsp3) is 0.235. The lowest BCUT2D eigenvalue weighted by atomic mass is 10.2. The van der Waals surface area contributed by atoms with Crippen LogP contribution in [0.5, 0.6) is 17.2 Å². The Morgan fingerprint density at radius 3 is 2.48 bits per heavy atom. The summed E-state index contributed by atoms with van der Waals surface area (Å²) in [5.74, 6) is 1.93. The van der Waals surface area contributed by atoms with E-state index in [9.17, 15) is 0 Å². The SMILES string of the molecule is COc1ccc(Cl)cc1CO/N=C/c1cccc(OC)c1OC. The molecule has 0 aliphatic carbocycles. The Balaban J connectivity index is 2.07. The number of hydrogen-bond donors (Lipinski definition) is 0. The molecule has 0 saturated carbocycles. The molecular formula is C17H18ClNO4. The van der Waals surface area contributed by atoms with Crippen LogP contribution in [0.4, 0.5) is 0 Å². The third-order valence-electron chi connectivity index (χ3n) is 3.16. The summed E-state index contributed by atoms with van der Waals surface area (Å²) in [6.07, 6.45) is 1.57. The molecule has 0 bridgehead atoms. The van der Waals surface area contributed by atoms with Crippen LogP contribution in [0.3, 0.4) is 0 Å². The van der Waals surface area contributed by atoms with Gasteiger partial charge in [-0.05, 0) is 30.3 Å². The van der Waals surface area contributed by atoms with Crippen molar-refractivity contribution >= 4 is 17.8 Å². The molecule has 122 valence electrons. The highest BCUT2D eigenvalue weighted by molar-refractivity contribution is 6.30. The first-order chi connectivity index (χ1) is 11.2. The van der Waals surface area contributed by atoms with Crippen molar-refractivity contribution in [1.82, 2.24) is 0 Å². The van der Waals surface area contributed by atoms with Gasteiger partial charge in [0.1, 0.15) is 12.4 Å². The third-order valence-corrected chi connectivity index (χ3v) is 3.40. The summed E-state index contributed by atoms with van der Waals surface area (Å²) in [6, 6.07) is 10.8. The molecule has 2 rings (SSSR count). The van der Waals surface area contributed by atoms with Crippen LogP contribution in [0.2, 0.25) is 5.02 Å². The van der Waals surface area contributed by atoms with Gasteiger partial charge in [0.25, 0.3) is 0 Å². The average molecular weight is 336 g/mol. The lowest BCUT2D eigenvalue weighted by molar-refractivity contribution is 0.130. The predicted octanol–water partition coefficient (Wildman–Crippen LogP) is 3.92. The van der Waals surface area contributed by atoms with Gasteiger partial charge in [-0.2, -0.15) is 0 Å². The van der Waals surface area contributed by atoms with Gasteiger partial charge in [-0.1, -0.05) is 22.8 Å². The highest BCUT2D eigenvalue weighted by Gasteiger charge is 2.08. The summed E-state index contributed by atoms with van der Waals surface area (Å²) in [4.78, 5) is 5.33. The largest absolute Gasteiger partial charge is 0.496 e. The number of hydrogen-bond acceptors (Lipinski definition) is 5. The smallest absolute Gasteiger partial charge is 0.169 e. The first-order valence-electron chi connectivity index (χ1n) is 6.88. The molecule has 0 aliphatic rings. The summed E-state index contributed by atoms with van der Waals surface area (Å²) in [6.45, 7) is 0.243. The first kappa shape index (κ1) is 17.0. The number of halogens is 1. The van der Waals surface area contributed by atoms with E-state index in [0.717, 1.165) is 11.1 Å². The van der Waals surface area contributed by atoms with Crippen LogP contribution in [0.1, 0.15) is 11.1 Å².